The summed E-state index contributed by atoms with van der Waals surface area (Å²) in [6, 6.07) is 15.6. The van der Waals surface area contributed by atoms with Gasteiger partial charge in [-0.15, -0.1) is 0 Å². The summed E-state index contributed by atoms with van der Waals surface area (Å²) in [4.78, 5) is 25.8. The van der Waals surface area contributed by atoms with Crippen LogP contribution in [0.3, 0.4) is 0 Å². The predicted octanol–water partition coefficient (Wildman–Crippen LogP) is 3.81. The first-order valence-corrected chi connectivity index (χ1v) is 9.72. The molecule has 2 aromatic rings. The van der Waals surface area contributed by atoms with Crippen molar-refractivity contribution >= 4 is 17.5 Å². The van der Waals surface area contributed by atoms with Crippen LogP contribution in [-0.2, 0) is 21.5 Å². The van der Waals surface area contributed by atoms with Crippen LogP contribution in [0.5, 0.6) is 5.75 Å². The SMILES string of the molecule is CC(C)(C)c1ccc(OCC(=O)NCc2cccc(N3CCCC3=O)c2)cc1. The highest BCUT2D eigenvalue weighted by atomic mass is 16.5. The monoisotopic (exact) mass is 380 g/mol. The van der Waals surface area contributed by atoms with E-state index in [1.54, 1.807) is 4.90 Å². The van der Waals surface area contributed by atoms with Crippen LogP contribution in [-0.4, -0.2) is 25.0 Å². The fourth-order valence-electron chi connectivity index (χ4n) is 3.21. The molecule has 1 aliphatic heterocycles. The maximum atomic E-state index is 12.1. The molecule has 0 saturated carbocycles. The fraction of sp³-hybridized carbons (Fsp3) is 0.391. The van der Waals surface area contributed by atoms with Crippen LogP contribution < -0.4 is 15.0 Å². The Bertz CT molecular complexity index is 838. The van der Waals surface area contributed by atoms with Crippen molar-refractivity contribution in [2.45, 2.75) is 45.6 Å². The van der Waals surface area contributed by atoms with Gasteiger partial charge in [0.15, 0.2) is 6.61 Å². The van der Waals surface area contributed by atoms with Gasteiger partial charge in [0.25, 0.3) is 5.91 Å². The lowest BCUT2D eigenvalue weighted by molar-refractivity contribution is -0.123. The molecule has 5 nitrogen and oxygen atoms in total. The summed E-state index contributed by atoms with van der Waals surface area (Å²) in [6.45, 7) is 7.61. The molecule has 2 aromatic carbocycles. The highest BCUT2D eigenvalue weighted by Crippen LogP contribution is 2.24. The zero-order valence-electron chi connectivity index (χ0n) is 16.8. The van der Waals surface area contributed by atoms with Crippen LogP contribution >= 0.6 is 0 Å². The van der Waals surface area contributed by atoms with E-state index in [9.17, 15) is 9.59 Å². The van der Waals surface area contributed by atoms with Crippen LogP contribution in [0.1, 0.15) is 44.7 Å². The molecule has 3 rings (SSSR count). The van der Waals surface area contributed by atoms with E-state index in [-0.39, 0.29) is 23.8 Å². The van der Waals surface area contributed by atoms with Crippen LogP contribution in [0.4, 0.5) is 5.69 Å². The Kier molecular flexibility index (Phi) is 6.02. The second-order valence-electron chi connectivity index (χ2n) is 8.16. The number of rotatable bonds is 6. The molecule has 0 atom stereocenters. The minimum atomic E-state index is -0.178. The number of carbonyl (C=O) groups excluding carboxylic acids is 2. The van der Waals surface area contributed by atoms with Gasteiger partial charge in [0.1, 0.15) is 5.75 Å². The Hall–Kier alpha value is -2.82. The Labute approximate surface area is 166 Å². The molecular formula is C23H28N2O3. The van der Waals surface area contributed by atoms with Crippen LogP contribution in [0.15, 0.2) is 48.5 Å². The number of carbonyl (C=O) groups is 2. The number of nitrogens with zero attached hydrogens (tertiary/aromatic N) is 1. The van der Waals surface area contributed by atoms with Crippen LogP contribution in [0.2, 0.25) is 0 Å². The molecule has 2 amide bonds. The van der Waals surface area contributed by atoms with E-state index in [0.29, 0.717) is 18.7 Å². The van der Waals surface area contributed by atoms with E-state index in [2.05, 4.69) is 26.1 Å². The second kappa shape index (κ2) is 8.46. The lowest BCUT2D eigenvalue weighted by atomic mass is 9.87. The van der Waals surface area contributed by atoms with E-state index >= 15 is 0 Å². The molecule has 0 bridgehead atoms. The van der Waals surface area contributed by atoms with E-state index in [0.717, 1.165) is 24.2 Å². The Morgan fingerprint density at radius 3 is 2.54 bits per heavy atom. The van der Waals surface area contributed by atoms with Crippen molar-refractivity contribution < 1.29 is 14.3 Å². The largest absolute Gasteiger partial charge is 0.484 e. The second-order valence-corrected chi connectivity index (χ2v) is 8.16. The highest BCUT2D eigenvalue weighted by Gasteiger charge is 2.21. The molecule has 0 radical (unpaired) electrons. The van der Waals surface area contributed by atoms with Crippen molar-refractivity contribution in [3.63, 3.8) is 0 Å². The van der Waals surface area contributed by atoms with Crippen LogP contribution in [0, 0.1) is 0 Å². The van der Waals surface area contributed by atoms with Gasteiger partial charge in [-0.25, -0.2) is 0 Å². The molecule has 0 spiro atoms. The van der Waals surface area contributed by atoms with E-state index < -0.39 is 0 Å². The van der Waals surface area contributed by atoms with E-state index in [4.69, 9.17) is 4.74 Å². The Morgan fingerprint density at radius 1 is 1.14 bits per heavy atom. The Morgan fingerprint density at radius 2 is 1.89 bits per heavy atom. The number of anilines is 1. The number of nitrogens with one attached hydrogen (secondary N) is 1. The molecule has 5 heteroatoms. The number of ether oxygens (including phenoxy) is 1. The molecule has 0 unspecified atom stereocenters. The summed E-state index contributed by atoms with van der Waals surface area (Å²) in [5, 5.41) is 2.87. The molecule has 148 valence electrons. The fourth-order valence-corrected chi connectivity index (χ4v) is 3.21. The summed E-state index contributed by atoms with van der Waals surface area (Å²) in [5.41, 5.74) is 3.16. The van der Waals surface area contributed by atoms with Gasteiger partial charge >= 0.3 is 0 Å². The molecule has 1 N–H and O–H groups in total. The topological polar surface area (TPSA) is 58.6 Å². The zero-order chi connectivity index (χ0) is 20.1. The number of benzene rings is 2. The van der Waals surface area contributed by atoms with Crippen molar-refractivity contribution in [2.75, 3.05) is 18.1 Å². The van der Waals surface area contributed by atoms with Gasteiger partial charge in [0, 0.05) is 25.2 Å². The third-order valence-electron chi connectivity index (χ3n) is 4.88. The first-order valence-electron chi connectivity index (χ1n) is 9.72. The van der Waals surface area contributed by atoms with Gasteiger partial charge in [0.05, 0.1) is 0 Å². The van der Waals surface area contributed by atoms with Crippen LogP contribution in [0.25, 0.3) is 0 Å². The zero-order valence-corrected chi connectivity index (χ0v) is 16.8. The van der Waals surface area contributed by atoms with E-state index in [1.165, 1.54) is 5.56 Å². The van der Waals surface area contributed by atoms with Gasteiger partial charge in [-0.2, -0.15) is 0 Å². The third-order valence-corrected chi connectivity index (χ3v) is 4.88. The maximum absolute atomic E-state index is 12.1. The normalized spacial score (nSPS) is 14.2. The summed E-state index contributed by atoms with van der Waals surface area (Å²) in [5.74, 6) is 0.660. The minimum Gasteiger partial charge on any atom is -0.484 e. The lowest BCUT2D eigenvalue weighted by Gasteiger charge is -2.19. The standard InChI is InChI=1S/C23H28N2O3/c1-23(2,3)18-9-11-20(12-10-18)28-16-21(26)24-15-17-6-4-7-19(14-17)25-13-5-8-22(25)27/h4,6-7,9-12,14H,5,8,13,15-16H2,1-3H3,(H,24,26). The molecule has 1 saturated heterocycles. The molecule has 1 fully saturated rings. The molecule has 28 heavy (non-hydrogen) atoms. The molecule has 0 aliphatic carbocycles. The molecule has 1 aliphatic rings. The molecule has 1 heterocycles. The van der Waals surface area contributed by atoms with Gasteiger partial charge in [-0.3, -0.25) is 9.59 Å². The number of hydrogen-bond donors (Lipinski definition) is 1. The van der Waals surface area contributed by atoms with Gasteiger partial charge in [-0.1, -0.05) is 45.0 Å². The number of hydrogen-bond acceptors (Lipinski definition) is 3. The predicted molar refractivity (Wildman–Crippen MR) is 111 cm³/mol. The van der Waals surface area contributed by atoms with Crippen molar-refractivity contribution in [2.24, 2.45) is 0 Å². The van der Waals surface area contributed by atoms with Gasteiger partial charge in [-0.05, 0) is 47.2 Å². The lowest BCUT2D eigenvalue weighted by Crippen LogP contribution is -2.28. The van der Waals surface area contributed by atoms with Crippen molar-refractivity contribution in [3.05, 3.63) is 59.7 Å². The third kappa shape index (κ3) is 5.12. The van der Waals surface area contributed by atoms with Crippen molar-refractivity contribution in [3.8, 4) is 5.75 Å². The summed E-state index contributed by atoms with van der Waals surface area (Å²) < 4.78 is 5.58. The van der Waals surface area contributed by atoms with E-state index in [1.807, 2.05) is 48.5 Å². The van der Waals surface area contributed by atoms with Gasteiger partial charge in [0.2, 0.25) is 5.91 Å². The summed E-state index contributed by atoms with van der Waals surface area (Å²) in [7, 11) is 0. The highest BCUT2D eigenvalue weighted by molar-refractivity contribution is 5.95. The van der Waals surface area contributed by atoms with Gasteiger partial charge < -0.3 is 15.0 Å². The average Bonchev–Trinajstić information content (AvgIpc) is 3.10. The first kappa shape index (κ1) is 19.9. The first-order chi connectivity index (χ1) is 13.3. The quantitative estimate of drug-likeness (QED) is 0.829. The summed E-state index contributed by atoms with van der Waals surface area (Å²) in [6.07, 6.45) is 1.50. The number of amides is 2. The molecular weight excluding hydrogens is 352 g/mol. The Balaban J connectivity index is 1.49. The minimum absolute atomic E-state index is 0.0286. The average molecular weight is 380 g/mol. The molecule has 0 aromatic heterocycles. The summed E-state index contributed by atoms with van der Waals surface area (Å²) >= 11 is 0. The van der Waals surface area contributed by atoms with Crippen molar-refractivity contribution in [1.29, 1.82) is 0 Å². The maximum Gasteiger partial charge on any atom is 0.258 e. The smallest absolute Gasteiger partial charge is 0.258 e. The van der Waals surface area contributed by atoms with Crippen molar-refractivity contribution in [1.82, 2.24) is 5.32 Å².